The zero-order chi connectivity index (χ0) is 40.9. The van der Waals surface area contributed by atoms with Crippen molar-refractivity contribution in [1.82, 2.24) is 0 Å². The van der Waals surface area contributed by atoms with Crippen LogP contribution < -0.4 is 4.89 Å². The van der Waals surface area contributed by atoms with Crippen LogP contribution in [0.4, 0.5) is 0 Å². The molecule has 11 heteroatoms. The molecule has 0 aliphatic heterocycles. The first-order chi connectivity index (χ1) is 26.4. The van der Waals surface area contributed by atoms with Crippen molar-refractivity contribution in [2.45, 2.75) is 167 Å². The van der Waals surface area contributed by atoms with E-state index in [2.05, 4.69) is 19.9 Å². The van der Waals surface area contributed by atoms with Crippen molar-refractivity contribution >= 4 is 13.8 Å². The van der Waals surface area contributed by atoms with Gasteiger partial charge in [0.25, 0.3) is 7.82 Å². The largest absolute Gasteiger partial charge is 0.756 e. The molecule has 0 aromatic heterocycles. The maximum atomic E-state index is 12.5. The zero-order valence-corrected chi connectivity index (χ0v) is 36.2. The standard InChI is InChI=1S/C44H80NO9P/c1-6-8-10-12-14-15-16-17-18-19-20-21-25-29-37-51-43(40-54-55(49,50)53-38-36-45(3,4)5)39-52-44(48)35-30-34-42(47)33-28-24-23-27-32-41(46)31-26-22-13-11-9-7-2/h22-24,26-29,32-33,37,41-43,46-47H,6-21,25,30-31,34-36,38-40H2,1-5H3/b24-23+,26-22-,32-27+,33-28-,37-29+/t41-,42-,43-/m1/s1. The van der Waals surface area contributed by atoms with E-state index < -0.39 is 32.1 Å². The van der Waals surface area contributed by atoms with Crippen LogP contribution in [0.1, 0.15) is 149 Å². The molecule has 10 nitrogen and oxygen atoms in total. The summed E-state index contributed by atoms with van der Waals surface area (Å²) in [5.74, 6) is -0.478. The van der Waals surface area contributed by atoms with Crippen LogP contribution in [0.5, 0.6) is 0 Å². The Morgan fingerprint density at radius 1 is 0.691 bits per heavy atom. The molecule has 320 valence electrons. The minimum atomic E-state index is -4.57. The van der Waals surface area contributed by atoms with Gasteiger partial charge in [0.15, 0.2) is 6.10 Å². The van der Waals surface area contributed by atoms with E-state index in [1.807, 2.05) is 33.3 Å². The van der Waals surface area contributed by atoms with Gasteiger partial charge in [0.1, 0.15) is 19.8 Å². The Labute approximate surface area is 336 Å². The molecular weight excluding hydrogens is 717 g/mol. The predicted molar refractivity (Wildman–Crippen MR) is 224 cm³/mol. The van der Waals surface area contributed by atoms with Gasteiger partial charge in [0.2, 0.25) is 0 Å². The number of rotatable bonds is 38. The molecule has 0 spiro atoms. The van der Waals surface area contributed by atoms with Crippen molar-refractivity contribution < 1.29 is 47.5 Å². The summed E-state index contributed by atoms with van der Waals surface area (Å²) >= 11 is 0. The van der Waals surface area contributed by atoms with Gasteiger partial charge < -0.3 is 38.1 Å². The fourth-order valence-corrected chi connectivity index (χ4v) is 6.10. The number of hydrogen-bond donors (Lipinski definition) is 2. The smallest absolute Gasteiger partial charge is 0.305 e. The Kier molecular flexibility index (Phi) is 35.0. The number of quaternary nitrogens is 1. The van der Waals surface area contributed by atoms with Crippen LogP contribution in [-0.2, 0) is 27.9 Å². The third-order valence-corrected chi connectivity index (χ3v) is 9.82. The number of carbonyl (C=O) groups excluding carboxylic acids is 1. The highest BCUT2D eigenvalue weighted by molar-refractivity contribution is 7.45. The maximum Gasteiger partial charge on any atom is 0.305 e. The van der Waals surface area contributed by atoms with Gasteiger partial charge in [-0.3, -0.25) is 9.36 Å². The number of likely N-dealkylation sites (N-methyl/N-ethyl adjacent to an activating group) is 1. The van der Waals surface area contributed by atoms with Gasteiger partial charge in [-0.15, -0.1) is 0 Å². The summed E-state index contributed by atoms with van der Waals surface area (Å²) in [7, 11) is 1.22. The molecule has 0 aliphatic rings. The van der Waals surface area contributed by atoms with Crippen molar-refractivity contribution in [3.8, 4) is 0 Å². The van der Waals surface area contributed by atoms with E-state index in [0.717, 1.165) is 25.7 Å². The van der Waals surface area contributed by atoms with Crippen molar-refractivity contribution in [3.63, 3.8) is 0 Å². The zero-order valence-electron chi connectivity index (χ0n) is 35.3. The summed E-state index contributed by atoms with van der Waals surface area (Å²) < 4.78 is 34.1. The minimum absolute atomic E-state index is 0.0143. The number of ether oxygens (including phenoxy) is 2. The van der Waals surface area contributed by atoms with Crippen molar-refractivity contribution in [3.05, 3.63) is 60.9 Å². The second kappa shape index (κ2) is 36.3. The van der Waals surface area contributed by atoms with E-state index in [1.54, 1.807) is 36.5 Å². The van der Waals surface area contributed by atoms with Crippen molar-refractivity contribution in [2.75, 3.05) is 47.5 Å². The number of hydrogen-bond acceptors (Lipinski definition) is 9. The number of aliphatic hydroxyl groups excluding tert-OH is 2. The van der Waals surface area contributed by atoms with E-state index in [9.17, 15) is 24.5 Å². The molecule has 0 rings (SSSR count). The van der Waals surface area contributed by atoms with Gasteiger partial charge in [-0.2, -0.15) is 0 Å². The normalized spacial score (nSPS) is 15.5. The summed E-state index contributed by atoms with van der Waals surface area (Å²) in [5.41, 5.74) is 0. The van der Waals surface area contributed by atoms with Gasteiger partial charge in [0, 0.05) is 6.42 Å². The number of unbranched alkanes of at least 4 members (excludes halogenated alkanes) is 15. The van der Waals surface area contributed by atoms with Crippen LogP contribution in [0.2, 0.25) is 0 Å². The Bertz CT molecular complexity index is 1100. The summed E-state index contributed by atoms with van der Waals surface area (Å²) in [4.78, 5) is 24.8. The Balaban J connectivity index is 4.58. The average molecular weight is 798 g/mol. The van der Waals surface area contributed by atoms with Crippen LogP contribution in [-0.4, -0.2) is 86.5 Å². The number of allylic oxidation sites excluding steroid dienone is 6. The Morgan fingerprint density at radius 3 is 1.85 bits per heavy atom. The third kappa shape index (κ3) is 40.0. The lowest BCUT2D eigenvalue weighted by molar-refractivity contribution is -0.870. The van der Waals surface area contributed by atoms with Gasteiger partial charge in [-0.25, -0.2) is 0 Å². The number of carbonyl (C=O) groups is 1. The van der Waals surface area contributed by atoms with Gasteiger partial charge in [-0.1, -0.05) is 146 Å². The van der Waals surface area contributed by atoms with Gasteiger partial charge in [0.05, 0.1) is 46.2 Å². The predicted octanol–water partition coefficient (Wildman–Crippen LogP) is 9.81. The van der Waals surface area contributed by atoms with Crippen LogP contribution in [0.15, 0.2) is 60.9 Å². The van der Waals surface area contributed by atoms with Crippen LogP contribution in [0, 0.1) is 0 Å². The highest BCUT2D eigenvalue weighted by Gasteiger charge is 2.19. The first-order valence-corrected chi connectivity index (χ1v) is 22.7. The summed E-state index contributed by atoms with van der Waals surface area (Å²) in [6.07, 6.45) is 38.2. The first kappa shape index (κ1) is 53.0. The van der Waals surface area contributed by atoms with Crippen LogP contribution in [0.3, 0.4) is 0 Å². The summed E-state index contributed by atoms with van der Waals surface area (Å²) in [5, 5.41) is 20.3. The van der Waals surface area contributed by atoms with E-state index in [-0.39, 0.29) is 26.2 Å². The molecule has 1 unspecified atom stereocenters. The number of nitrogens with zero attached hydrogens (tertiary/aromatic N) is 1. The van der Waals surface area contributed by atoms with Crippen LogP contribution >= 0.6 is 7.82 Å². The molecule has 0 aromatic carbocycles. The lowest BCUT2D eigenvalue weighted by atomic mass is 10.0. The van der Waals surface area contributed by atoms with E-state index in [4.69, 9.17) is 18.5 Å². The second-order valence-corrected chi connectivity index (χ2v) is 16.9. The molecule has 0 aliphatic carbocycles. The molecular formula is C44H80NO9P. The highest BCUT2D eigenvalue weighted by Crippen LogP contribution is 2.38. The topological polar surface area (TPSA) is 135 Å². The molecule has 0 saturated heterocycles. The quantitative estimate of drug-likeness (QED) is 0.0119. The van der Waals surface area contributed by atoms with E-state index in [1.165, 1.54) is 89.7 Å². The monoisotopic (exact) mass is 798 g/mol. The van der Waals surface area contributed by atoms with E-state index >= 15 is 0 Å². The molecule has 55 heavy (non-hydrogen) atoms. The molecule has 2 N–H and O–H groups in total. The molecule has 0 aromatic rings. The molecule has 0 amide bonds. The average Bonchev–Trinajstić information content (AvgIpc) is 3.13. The van der Waals surface area contributed by atoms with Crippen molar-refractivity contribution in [1.29, 1.82) is 0 Å². The highest BCUT2D eigenvalue weighted by atomic mass is 31.2. The molecule has 0 saturated carbocycles. The molecule has 0 fully saturated rings. The molecule has 0 radical (unpaired) electrons. The van der Waals surface area contributed by atoms with Crippen molar-refractivity contribution in [2.24, 2.45) is 0 Å². The fraction of sp³-hybridized carbons (Fsp3) is 0.750. The Morgan fingerprint density at radius 2 is 1.24 bits per heavy atom. The van der Waals surface area contributed by atoms with Gasteiger partial charge in [-0.05, 0) is 51.0 Å². The second-order valence-electron chi connectivity index (χ2n) is 15.5. The maximum absolute atomic E-state index is 12.5. The number of phosphoric acid groups is 1. The summed E-state index contributed by atoms with van der Waals surface area (Å²) in [6, 6.07) is 0. The number of esters is 1. The van der Waals surface area contributed by atoms with E-state index in [0.29, 0.717) is 30.3 Å². The van der Waals surface area contributed by atoms with Gasteiger partial charge >= 0.3 is 5.97 Å². The Hall–Kier alpha value is -2.04. The third-order valence-electron chi connectivity index (χ3n) is 8.85. The summed E-state index contributed by atoms with van der Waals surface area (Å²) in [6.45, 7) is 4.35. The molecule has 4 atom stereocenters. The molecule has 0 heterocycles. The number of aliphatic hydroxyl groups is 2. The van der Waals surface area contributed by atoms with Crippen LogP contribution in [0.25, 0.3) is 0 Å². The minimum Gasteiger partial charge on any atom is -0.756 e. The SMILES string of the molecule is CCCCC/C=C\C[C@@H](O)/C=C/C=C/C=C\[C@@H](O)CCCC(=O)OC[C@H](COP(=O)([O-])OCC[N+](C)(C)C)O/C=C/CCCCCCCCCCCCCC. The molecule has 0 bridgehead atoms. The number of phosphoric ester groups is 1. The fourth-order valence-electron chi connectivity index (χ4n) is 5.37. The lowest BCUT2D eigenvalue weighted by Gasteiger charge is -2.28. The lowest BCUT2D eigenvalue weighted by Crippen LogP contribution is -2.37. The first-order valence-electron chi connectivity index (χ1n) is 21.3.